The van der Waals surface area contributed by atoms with Crippen molar-refractivity contribution in [3.63, 3.8) is 0 Å². The standard InChI is InChI=1S/C15H26O4/c1-8-11(12-9-17-15(6,7)18-12)10(2)13(16)19-14(3,4)5/h8,10-12H,1,9H2,2-7H3/t10-,11+,12+/m1/s1. The van der Waals surface area contributed by atoms with Crippen molar-refractivity contribution in [1.82, 2.24) is 0 Å². The molecular formula is C15H26O4. The van der Waals surface area contributed by atoms with Crippen LogP contribution in [0.3, 0.4) is 0 Å². The number of carbonyl (C=O) groups excluding carboxylic acids is 1. The quantitative estimate of drug-likeness (QED) is 0.582. The van der Waals surface area contributed by atoms with Gasteiger partial charge in [-0.2, -0.15) is 0 Å². The lowest BCUT2D eigenvalue weighted by molar-refractivity contribution is -0.166. The van der Waals surface area contributed by atoms with E-state index >= 15 is 0 Å². The Labute approximate surface area is 116 Å². The summed E-state index contributed by atoms with van der Waals surface area (Å²) in [4.78, 5) is 12.1. The Morgan fingerprint density at radius 2 is 2.05 bits per heavy atom. The van der Waals surface area contributed by atoms with Crippen molar-refractivity contribution in [3.05, 3.63) is 12.7 Å². The van der Waals surface area contributed by atoms with Gasteiger partial charge in [-0.15, -0.1) is 6.58 Å². The molecule has 1 saturated heterocycles. The van der Waals surface area contributed by atoms with Crippen LogP contribution in [-0.2, 0) is 19.0 Å². The van der Waals surface area contributed by atoms with Gasteiger partial charge in [0.05, 0.1) is 18.6 Å². The van der Waals surface area contributed by atoms with Crippen LogP contribution in [0.2, 0.25) is 0 Å². The van der Waals surface area contributed by atoms with Crippen LogP contribution in [0.25, 0.3) is 0 Å². The number of rotatable bonds is 4. The topological polar surface area (TPSA) is 44.8 Å². The minimum atomic E-state index is -0.598. The van der Waals surface area contributed by atoms with E-state index in [1.165, 1.54) is 0 Å². The molecule has 110 valence electrons. The largest absolute Gasteiger partial charge is 0.460 e. The molecule has 4 heteroatoms. The van der Waals surface area contributed by atoms with Crippen molar-refractivity contribution in [3.8, 4) is 0 Å². The monoisotopic (exact) mass is 270 g/mol. The number of hydrogen-bond acceptors (Lipinski definition) is 4. The van der Waals surface area contributed by atoms with Gasteiger partial charge in [-0.3, -0.25) is 4.79 Å². The summed E-state index contributed by atoms with van der Waals surface area (Å²) in [6, 6.07) is 0. The van der Waals surface area contributed by atoms with Crippen molar-refractivity contribution < 1.29 is 19.0 Å². The summed E-state index contributed by atoms with van der Waals surface area (Å²) in [7, 11) is 0. The van der Waals surface area contributed by atoms with Crippen molar-refractivity contribution in [2.24, 2.45) is 11.8 Å². The lowest BCUT2D eigenvalue weighted by atomic mass is 9.89. The van der Waals surface area contributed by atoms with Gasteiger partial charge in [-0.05, 0) is 34.6 Å². The Kier molecular flexibility index (Phi) is 4.80. The van der Waals surface area contributed by atoms with Crippen LogP contribution in [0.5, 0.6) is 0 Å². The third-order valence-corrected chi connectivity index (χ3v) is 3.09. The highest BCUT2D eigenvalue weighted by Gasteiger charge is 2.40. The molecule has 0 spiro atoms. The molecule has 1 heterocycles. The Morgan fingerprint density at radius 3 is 2.42 bits per heavy atom. The Morgan fingerprint density at radius 1 is 1.47 bits per heavy atom. The van der Waals surface area contributed by atoms with Crippen LogP contribution in [0, 0.1) is 11.8 Å². The lowest BCUT2D eigenvalue weighted by Gasteiger charge is -2.28. The van der Waals surface area contributed by atoms with Crippen molar-refractivity contribution in [2.45, 2.75) is 59.0 Å². The number of ether oxygens (including phenoxy) is 3. The van der Waals surface area contributed by atoms with Crippen LogP contribution in [0.15, 0.2) is 12.7 Å². The molecule has 4 nitrogen and oxygen atoms in total. The van der Waals surface area contributed by atoms with Crippen LogP contribution < -0.4 is 0 Å². The summed E-state index contributed by atoms with van der Waals surface area (Å²) in [5, 5.41) is 0. The predicted molar refractivity (Wildman–Crippen MR) is 73.6 cm³/mol. The van der Waals surface area contributed by atoms with E-state index in [1.54, 1.807) is 6.08 Å². The summed E-state index contributed by atoms with van der Waals surface area (Å²) < 4.78 is 16.8. The van der Waals surface area contributed by atoms with E-state index in [9.17, 15) is 4.79 Å². The highest BCUT2D eigenvalue weighted by molar-refractivity contribution is 5.73. The SMILES string of the molecule is C=C[C@H]([C@@H]1COC(C)(C)O1)[C@@H](C)C(=O)OC(C)(C)C. The summed E-state index contributed by atoms with van der Waals surface area (Å²) in [5.41, 5.74) is -0.483. The lowest BCUT2D eigenvalue weighted by Crippen LogP contribution is -2.36. The molecule has 1 rings (SSSR count). The Balaban J connectivity index is 2.70. The molecule has 0 N–H and O–H groups in total. The molecule has 1 aliphatic heterocycles. The zero-order valence-electron chi connectivity index (χ0n) is 12.9. The van der Waals surface area contributed by atoms with Gasteiger partial charge in [0.1, 0.15) is 5.60 Å². The van der Waals surface area contributed by atoms with Gasteiger partial charge in [0.15, 0.2) is 5.79 Å². The number of carbonyl (C=O) groups is 1. The van der Waals surface area contributed by atoms with Gasteiger partial charge in [0.2, 0.25) is 0 Å². The first-order chi connectivity index (χ1) is 8.56. The summed E-state index contributed by atoms with van der Waals surface area (Å²) in [5.74, 6) is -1.25. The molecule has 0 amide bonds. The third kappa shape index (κ3) is 4.62. The second-order valence-corrected chi connectivity index (χ2v) is 6.50. The first-order valence-corrected chi connectivity index (χ1v) is 6.73. The molecule has 0 aromatic heterocycles. The Bertz CT molecular complexity index is 341. The fraction of sp³-hybridized carbons (Fsp3) is 0.800. The maximum absolute atomic E-state index is 12.1. The van der Waals surface area contributed by atoms with Gasteiger partial charge in [0.25, 0.3) is 0 Å². The average molecular weight is 270 g/mol. The molecule has 1 fully saturated rings. The maximum atomic E-state index is 12.1. The maximum Gasteiger partial charge on any atom is 0.309 e. The minimum Gasteiger partial charge on any atom is -0.460 e. The molecule has 0 aliphatic carbocycles. The zero-order valence-corrected chi connectivity index (χ0v) is 12.9. The smallest absolute Gasteiger partial charge is 0.309 e. The van der Waals surface area contributed by atoms with Crippen LogP contribution in [-0.4, -0.2) is 30.1 Å². The van der Waals surface area contributed by atoms with Gasteiger partial charge in [-0.25, -0.2) is 0 Å². The van der Waals surface area contributed by atoms with Crippen LogP contribution in [0.4, 0.5) is 0 Å². The number of hydrogen-bond donors (Lipinski definition) is 0. The van der Waals surface area contributed by atoms with E-state index in [0.717, 1.165) is 0 Å². The van der Waals surface area contributed by atoms with Crippen molar-refractivity contribution in [2.75, 3.05) is 6.61 Å². The van der Waals surface area contributed by atoms with E-state index in [2.05, 4.69) is 6.58 Å². The van der Waals surface area contributed by atoms with E-state index in [1.807, 2.05) is 41.5 Å². The van der Waals surface area contributed by atoms with Crippen LogP contribution >= 0.6 is 0 Å². The van der Waals surface area contributed by atoms with E-state index in [0.29, 0.717) is 6.61 Å². The molecule has 0 aromatic rings. The van der Waals surface area contributed by atoms with Gasteiger partial charge >= 0.3 is 5.97 Å². The average Bonchev–Trinajstić information content (AvgIpc) is 2.57. The second kappa shape index (κ2) is 5.63. The van der Waals surface area contributed by atoms with E-state index in [4.69, 9.17) is 14.2 Å². The molecule has 0 radical (unpaired) electrons. The number of esters is 1. The molecule has 1 aliphatic rings. The van der Waals surface area contributed by atoms with Gasteiger partial charge in [0, 0.05) is 5.92 Å². The highest BCUT2D eigenvalue weighted by atomic mass is 16.7. The molecular weight excluding hydrogens is 244 g/mol. The third-order valence-electron chi connectivity index (χ3n) is 3.09. The fourth-order valence-corrected chi connectivity index (χ4v) is 2.13. The molecule has 3 atom stereocenters. The van der Waals surface area contributed by atoms with E-state index in [-0.39, 0.29) is 23.9 Å². The molecule has 0 saturated carbocycles. The first-order valence-electron chi connectivity index (χ1n) is 6.73. The molecule has 0 unspecified atom stereocenters. The second-order valence-electron chi connectivity index (χ2n) is 6.50. The fourth-order valence-electron chi connectivity index (χ4n) is 2.13. The molecule has 0 bridgehead atoms. The van der Waals surface area contributed by atoms with Gasteiger partial charge < -0.3 is 14.2 Å². The van der Waals surface area contributed by atoms with Crippen molar-refractivity contribution in [1.29, 1.82) is 0 Å². The summed E-state index contributed by atoms with van der Waals surface area (Å²) >= 11 is 0. The normalized spacial score (nSPS) is 25.7. The Hall–Kier alpha value is -0.870. The predicted octanol–water partition coefficient (Wildman–Crippen LogP) is 2.92. The van der Waals surface area contributed by atoms with Crippen molar-refractivity contribution >= 4 is 5.97 Å². The zero-order chi connectivity index (χ0) is 14.8. The minimum absolute atomic E-state index is 0.114. The highest BCUT2D eigenvalue weighted by Crippen LogP contribution is 2.31. The molecule has 0 aromatic carbocycles. The first kappa shape index (κ1) is 16.2. The summed E-state index contributed by atoms with van der Waals surface area (Å²) in [6.07, 6.45) is 1.60. The van der Waals surface area contributed by atoms with Crippen LogP contribution in [0.1, 0.15) is 41.5 Å². The summed E-state index contributed by atoms with van der Waals surface area (Å²) in [6.45, 7) is 15.4. The molecule has 19 heavy (non-hydrogen) atoms. The van der Waals surface area contributed by atoms with Gasteiger partial charge in [-0.1, -0.05) is 13.0 Å². The van der Waals surface area contributed by atoms with E-state index < -0.39 is 11.4 Å².